The minimum atomic E-state index is -0.372. The number of pyridine rings is 1. The molecule has 0 unspecified atom stereocenters. The lowest BCUT2D eigenvalue weighted by atomic mass is 9.85. The highest BCUT2D eigenvalue weighted by molar-refractivity contribution is 5.96. The van der Waals surface area contributed by atoms with Gasteiger partial charge in [-0.3, -0.25) is 4.79 Å². The van der Waals surface area contributed by atoms with Crippen molar-refractivity contribution in [2.45, 2.75) is 26.2 Å². The van der Waals surface area contributed by atoms with Crippen molar-refractivity contribution < 1.29 is 14.3 Å². The fourth-order valence-corrected chi connectivity index (χ4v) is 2.57. The Hall–Kier alpha value is -2.89. The highest BCUT2D eigenvalue weighted by atomic mass is 16.5. The largest absolute Gasteiger partial charge is 0.462 e. The Kier molecular flexibility index (Phi) is 5.28. The quantitative estimate of drug-likeness (QED) is 0.784. The molecule has 0 aliphatic heterocycles. The second kappa shape index (κ2) is 7.79. The summed E-state index contributed by atoms with van der Waals surface area (Å²) in [6.07, 6.45) is 4.65. The number of anilines is 3. The summed E-state index contributed by atoms with van der Waals surface area (Å²) in [5, 5.41) is 5.99. The zero-order valence-corrected chi connectivity index (χ0v) is 14.1. The molecular weight excluding hydrogens is 318 g/mol. The number of benzene rings is 1. The van der Waals surface area contributed by atoms with Crippen LogP contribution in [0.5, 0.6) is 0 Å². The van der Waals surface area contributed by atoms with Gasteiger partial charge in [-0.15, -0.1) is 0 Å². The Morgan fingerprint density at radius 3 is 2.64 bits per heavy atom. The third-order valence-corrected chi connectivity index (χ3v) is 4.19. The third-order valence-electron chi connectivity index (χ3n) is 4.19. The predicted octanol–water partition coefficient (Wildman–Crippen LogP) is 3.74. The van der Waals surface area contributed by atoms with Crippen molar-refractivity contribution in [3.05, 3.63) is 48.2 Å². The molecule has 25 heavy (non-hydrogen) atoms. The van der Waals surface area contributed by atoms with Crippen LogP contribution < -0.4 is 10.6 Å². The molecule has 1 aliphatic rings. The van der Waals surface area contributed by atoms with Gasteiger partial charge in [0.15, 0.2) is 0 Å². The highest BCUT2D eigenvalue weighted by Gasteiger charge is 2.25. The number of aromatic nitrogens is 1. The molecule has 1 aromatic heterocycles. The van der Waals surface area contributed by atoms with Gasteiger partial charge in [0.05, 0.1) is 29.7 Å². The topological polar surface area (TPSA) is 80.3 Å². The maximum atomic E-state index is 12.0. The Balaban J connectivity index is 1.67. The summed E-state index contributed by atoms with van der Waals surface area (Å²) in [4.78, 5) is 28.2. The molecule has 1 saturated carbocycles. The average molecular weight is 339 g/mol. The Morgan fingerprint density at radius 2 is 2.00 bits per heavy atom. The number of hydrogen-bond donors (Lipinski definition) is 2. The molecule has 0 radical (unpaired) electrons. The molecule has 130 valence electrons. The Labute approximate surface area is 146 Å². The van der Waals surface area contributed by atoms with Crippen LogP contribution in [0, 0.1) is 5.92 Å². The first-order valence-electron chi connectivity index (χ1n) is 8.47. The zero-order chi connectivity index (χ0) is 17.6. The van der Waals surface area contributed by atoms with Gasteiger partial charge in [0.1, 0.15) is 5.82 Å². The molecule has 0 saturated heterocycles. The van der Waals surface area contributed by atoms with Gasteiger partial charge in [-0.1, -0.05) is 18.6 Å². The molecule has 3 rings (SSSR count). The van der Waals surface area contributed by atoms with Crippen LogP contribution in [0.3, 0.4) is 0 Å². The second-order valence-electron chi connectivity index (χ2n) is 5.94. The van der Waals surface area contributed by atoms with Crippen LogP contribution in [-0.4, -0.2) is 23.5 Å². The summed E-state index contributed by atoms with van der Waals surface area (Å²) in [5.41, 5.74) is 1.83. The van der Waals surface area contributed by atoms with E-state index in [1.165, 1.54) is 0 Å². The summed E-state index contributed by atoms with van der Waals surface area (Å²) in [6, 6.07) is 10.7. The zero-order valence-electron chi connectivity index (χ0n) is 14.1. The maximum absolute atomic E-state index is 12.0. The molecular formula is C19H21N3O3. The molecule has 6 nitrogen and oxygen atoms in total. The van der Waals surface area contributed by atoms with Gasteiger partial charge in [-0.2, -0.15) is 0 Å². The van der Waals surface area contributed by atoms with Crippen molar-refractivity contribution in [1.29, 1.82) is 0 Å². The molecule has 0 bridgehead atoms. The second-order valence-corrected chi connectivity index (χ2v) is 5.94. The van der Waals surface area contributed by atoms with Crippen molar-refractivity contribution in [2.75, 3.05) is 17.2 Å². The highest BCUT2D eigenvalue weighted by Crippen LogP contribution is 2.27. The first kappa shape index (κ1) is 17.0. The summed E-state index contributed by atoms with van der Waals surface area (Å²) in [5.74, 6) is 0.312. The molecule has 1 amide bonds. The van der Waals surface area contributed by atoms with E-state index < -0.39 is 0 Å². The number of para-hydroxylation sites is 1. The number of carbonyl (C=O) groups excluding carboxylic acids is 2. The van der Waals surface area contributed by atoms with Crippen molar-refractivity contribution in [3.63, 3.8) is 0 Å². The number of carbonyl (C=O) groups is 2. The summed E-state index contributed by atoms with van der Waals surface area (Å²) < 4.78 is 5.07. The summed E-state index contributed by atoms with van der Waals surface area (Å²) >= 11 is 0. The molecule has 1 heterocycles. The fraction of sp³-hybridized carbons (Fsp3) is 0.316. The van der Waals surface area contributed by atoms with Crippen molar-refractivity contribution in [2.24, 2.45) is 5.92 Å². The van der Waals surface area contributed by atoms with E-state index in [2.05, 4.69) is 15.6 Å². The van der Waals surface area contributed by atoms with Gasteiger partial charge in [0.25, 0.3) is 0 Å². The number of rotatable bonds is 6. The number of ether oxygens (including phenoxy) is 1. The molecule has 1 aliphatic carbocycles. The Morgan fingerprint density at radius 1 is 1.20 bits per heavy atom. The van der Waals surface area contributed by atoms with Crippen LogP contribution >= 0.6 is 0 Å². The molecule has 1 fully saturated rings. The monoisotopic (exact) mass is 339 g/mol. The predicted molar refractivity (Wildman–Crippen MR) is 95.9 cm³/mol. The summed E-state index contributed by atoms with van der Waals surface area (Å²) in [6.45, 7) is 2.10. The lowest BCUT2D eigenvalue weighted by molar-refractivity contribution is -0.122. The normalized spacial score (nSPS) is 13.6. The summed E-state index contributed by atoms with van der Waals surface area (Å²) in [7, 11) is 0. The van der Waals surface area contributed by atoms with E-state index in [0.29, 0.717) is 23.7 Å². The SMILES string of the molecule is CCOC(=O)c1ccccc1Nc1ccc(NC(=O)C2CCC2)nc1. The lowest BCUT2D eigenvalue weighted by Crippen LogP contribution is -2.28. The van der Waals surface area contributed by atoms with Crippen LogP contribution in [0.2, 0.25) is 0 Å². The van der Waals surface area contributed by atoms with E-state index in [4.69, 9.17) is 4.74 Å². The molecule has 1 aromatic carbocycles. The number of amides is 1. The minimum Gasteiger partial charge on any atom is -0.462 e. The number of esters is 1. The van der Waals surface area contributed by atoms with E-state index in [0.717, 1.165) is 24.9 Å². The van der Waals surface area contributed by atoms with Crippen LogP contribution in [-0.2, 0) is 9.53 Å². The smallest absolute Gasteiger partial charge is 0.340 e. The van der Waals surface area contributed by atoms with E-state index in [-0.39, 0.29) is 17.8 Å². The number of nitrogens with zero attached hydrogens (tertiary/aromatic N) is 1. The van der Waals surface area contributed by atoms with E-state index in [1.807, 2.05) is 12.1 Å². The van der Waals surface area contributed by atoms with E-state index in [1.54, 1.807) is 37.4 Å². The molecule has 2 N–H and O–H groups in total. The lowest BCUT2D eigenvalue weighted by Gasteiger charge is -2.23. The van der Waals surface area contributed by atoms with Gasteiger partial charge >= 0.3 is 5.97 Å². The first-order chi connectivity index (χ1) is 12.2. The van der Waals surface area contributed by atoms with Crippen LogP contribution in [0.1, 0.15) is 36.5 Å². The molecule has 2 aromatic rings. The van der Waals surface area contributed by atoms with Gasteiger partial charge in [-0.05, 0) is 44.0 Å². The Bertz CT molecular complexity index is 755. The molecule has 0 spiro atoms. The first-order valence-corrected chi connectivity index (χ1v) is 8.47. The molecule has 0 atom stereocenters. The van der Waals surface area contributed by atoms with Gasteiger partial charge in [0.2, 0.25) is 5.91 Å². The van der Waals surface area contributed by atoms with E-state index in [9.17, 15) is 9.59 Å². The third kappa shape index (κ3) is 4.15. The van der Waals surface area contributed by atoms with Crippen molar-refractivity contribution in [1.82, 2.24) is 4.98 Å². The minimum absolute atomic E-state index is 0.0344. The van der Waals surface area contributed by atoms with Crippen molar-refractivity contribution in [3.8, 4) is 0 Å². The van der Waals surface area contributed by atoms with Gasteiger partial charge < -0.3 is 15.4 Å². The van der Waals surface area contributed by atoms with Crippen LogP contribution in [0.25, 0.3) is 0 Å². The van der Waals surface area contributed by atoms with E-state index >= 15 is 0 Å². The fourth-order valence-electron chi connectivity index (χ4n) is 2.57. The number of nitrogens with one attached hydrogen (secondary N) is 2. The van der Waals surface area contributed by atoms with Gasteiger partial charge in [-0.25, -0.2) is 9.78 Å². The number of hydrogen-bond acceptors (Lipinski definition) is 5. The molecule has 6 heteroatoms. The average Bonchev–Trinajstić information content (AvgIpc) is 2.56. The van der Waals surface area contributed by atoms with Crippen LogP contribution in [0.4, 0.5) is 17.2 Å². The van der Waals surface area contributed by atoms with Crippen LogP contribution in [0.15, 0.2) is 42.6 Å². The van der Waals surface area contributed by atoms with Crippen molar-refractivity contribution >= 4 is 29.1 Å². The van der Waals surface area contributed by atoms with Gasteiger partial charge in [0, 0.05) is 5.92 Å². The maximum Gasteiger partial charge on any atom is 0.340 e. The standard InChI is InChI=1S/C19H21N3O3/c1-2-25-19(24)15-8-3-4-9-16(15)21-14-10-11-17(20-12-14)22-18(23)13-6-5-7-13/h3-4,8-13,21H,2,5-7H2,1H3,(H,20,22,23).